The maximum atomic E-state index is 12.6. The molecule has 0 fully saturated rings. The van der Waals surface area contributed by atoms with Gasteiger partial charge in [-0.05, 0) is 49.4 Å². The number of hydrogen-bond acceptors (Lipinski definition) is 5. The quantitative estimate of drug-likeness (QED) is 0.496. The Morgan fingerprint density at radius 2 is 1.65 bits per heavy atom. The predicted molar refractivity (Wildman–Crippen MR) is 119 cm³/mol. The van der Waals surface area contributed by atoms with Crippen LogP contribution in [0.15, 0.2) is 77.7 Å². The number of hydrogen-bond donors (Lipinski definition) is 2. The number of benzene rings is 3. The first-order chi connectivity index (χ1) is 14.9. The Morgan fingerprint density at radius 1 is 0.935 bits per heavy atom. The maximum absolute atomic E-state index is 12.6. The minimum Gasteiger partial charge on any atom is -0.493 e. The van der Waals surface area contributed by atoms with Gasteiger partial charge in [-0.3, -0.25) is 9.52 Å². The number of ether oxygens (including phenoxy) is 2. The van der Waals surface area contributed by atoms with Crippen molar-refractivity contribution in [3.8, 4) is 11.5 Å². The van der Waals surface area contributed by atoms with E-state index in [9.17, 15) is 13.2 Å². The first-order valence-electron chi connectivity index (χ1n) is 9.62. The monoisotopic (exact) mass is 440 g/mol. The predicted octanol–water partition coefficient (Wildman–Crippen LogP) is 3.61. The van der Waals surface area contributed by atoms with Crippen molar-refractivity contribution in [1.29, 1.82) is 0 Å². The van der Waals surface area contributed by atoms with E-state index in [2.05, 4.69) is 10.0 Å². The molecule has 3 aromatic carbocycles. The number of aryl methyl sites for hydroxylation is 1. The molecular formula is C23H24N2O5S. The minimum atomic E-state index is -3.74. The molecular weight excluding hydrogens is 416 g/mol. The van der Waals surface area contributed by atoms with Crippen LogP contribution < -0.4 is 19.5 Å². The fraction of sp³-hybridized carbons (Fsp3) is 0.174. The lowest BCUT2D eigenvalue weighted by atomic mass is 10.2. The van der Waals surface area contributed by atoms with Crippen LogP contribution in [0.1, 0.15) is 15.9 Å². The van der Waals surface area contributed by atoms with Gasteiger partial charge in [0, 0.05) is 11.3 Å². The van der Waals surface area contributed by atoms with Crippen LogP contribution in [-0.2, 0) is 10.0 Å². The smallest absolute Gasteiger partial charge is 0.261 e. The van der Waals surface area contributed by atoms with Crippen LogP contribution in [0, 0.1) is 6.92 Å². The molecule has 0 aliphatic rings. The van der Waals surface area contributed by atoms with Crippen molar-refractivity contribution in [2.24, 2.45) is 0 Å². The van der Waals surface area contributed by atoms with Crippen LogP contribution in [0.3, 0.4) is 0 Å². The normalized spacial score (nSPS) is 10.9. The molecule has 0 saturated heterocycles. The van der Waals surface area contributed by atoms with E-state index in [-0.39, 0.29) is 24.0 Å². The minimum absolute atomic E-state index is 0.154. The van der Waals surface area contributed by atoms with Gasteiger partial charge in [-0.25, -0.2) is 8.42 Å². The number of amides is 1. The molecule has 0 unspecified atom stereocenters. The zero-order valence-corrected chi connectivity index (χ0v) is 18.1. The van der Waals surface area contributed by atoms with E-state index in [0.29, 0.717) is 22.7 Å². The maximum Gasteiger partial charge on any atom is 0.261 e. The van der Waals surface area contributed by atoms with Gasteiger partial charge in [0.25, 0.3) is 15.9 Å². The van der Waals surface area contributed by atoms with E-state index < -0.39 is 10.0 Å². The molecule has 0 aliphatic carbocycles. The first-order valence-corrected chi connectivity index (χ1v) is 11.1. The second-order valence-corrected chi connectivity index (χ2v) is 8.44. The van der Waals surface area contributed by atoms with Crippen molar-refractivity contribution >= 4 is 21.6 Å². The van der Waals surface area contributed by atoms with Gasteiger partial charge in [-0.1, -0.05) is 35.9 Å². The molecule has 162 valence electrons. The Labute approximate surface area is 182 Å². The summed E-state index contributed by atoms with van der Waals surface area (Å²) in [4.78, 5) is 12.6. The first kappa shape index (κ1) is 22.2. The summed E-state index contributed by atoms with van der Waals surface area (Å²) in [5.74, 6) is 0.870. The molecule has 0 aliphatic heterocycles. The van der Waals surface area contributed by atoms with Crippen molar-refractivity contribution < 1.29 is 22.7 Å². The zero-order chi connectivity index (χ0) is 22.3. The fourth-order valence-corrected chi connectivity index (χ4v) is 3.87. The third-order valence-corrected chi connectivity index (χ3v) is 5.82. The number of para-hydroxylation sites is 2. The zero-order valence-electron chi connectivity index (χ0n) is 17.3. The van der Waals surface area contributed by atoms with Crippen molar-refractivity contribution in [2.75, 3.05) is 25.0 Å². The second-order valence-electron chi connectivity index (χ2n) is 6.75. The van der Waals surface area contributed by atoms with Crippen molar-refractivity contribution in [2.45, 2.75) is 11.8 Å². The molecule has 31 heavy (non-hydrogen) atoms. The van der Waals surface area contributed by atoms with Gasteiger partial charge in [0.2, 0.25) is 0 Å². The van der Waals surface area contributed by atoms with Gasteiger partial charge in [-0.2, -0.15) is 0 Å². The summed E-state index contributed by atoms with van der Waals surface area (Å²) >= 11 is 0. The summed E-state index contributed by atoms with van der Waals surface area (Å²) in [6, 6.07) is 20.1. The van der Waals surface area contributed by atoms with Gasteiger partial charge in [0.05, 0.1) is 18.6 Å². The summed E-state index contributed by atoms with van der Waals surface area (Å²) in [5.41, 5.74) is 1.60. The van der Waals surface area contributed by atoms with E-state index in [1.807, 2.05) is 19.1 Å². The van der Waals surface area contributed by atoms with Crippen LogP contribution >= 0.6 is 0 Å². The summed E-state index contributed by atoms with van der Waals surface area (Å²) in [7, 11) is -2.18. The molecule has 3 rings (SSSR count). The Hall–Kier alpha value is -3.52. The summed E-state index contributed by atoms with van der Waals surface area (Å²) in [6.07, 6.45) is 0. The Kier molecular flexibility index (Phi) is 7.15. The van der Waals surface area contributed by atoms with E-state index in [4.69, 9.17) is 9.47 Å². The lowest BCUT2D eigenvalue weighted by Crippen LogP contribution is -2.28. The molecule has 0 bridgehead atoms. The third-order valence-electron chi connectivity index (χ3n) is 4.42. The molecule has 3 aromatic rings. The second kappa shape index (κ2) is 9.99. The van der Waals surface area contributed by atoms with Crippen LogP contribution in [0.5, 0.6) is 11.5 Å². The molecule has 7 nitrogen and oxygen atoms in total. The van der Waals surface area contributed by atoms with Gasteiger partial charge in [0.15, 0.2) is 11.5 Å². The lowest BCUT2D eigenvalue weighted by molar-refractivity contribution is 0.0947. The highest BCUT2D eigenvalue weighted by atomic mass is 32.2. The molecule has 0 radical (unpaired) electrons. The van der Waals surface area contributed by atoms with Crippen LogP contribution in [0.2, 0.25) is 0 Å². The highest BCUT2D eigenvalue weighted by Crippen LogP contribution is 2.25. The van der Waals surface area contributed by atoms with E-state index in [0.717, 1.165) is 5.56 Å². The topological polar surface area (TPSA) is 93.7 Å². The van der Waals surface area contributed by atoms with Gasteiger partial charge in [-0.15, -0.1) is 0 Å². The molecule has 1 amide bonds. The molecule has 0 atom stereocenters. The van der Waals surface area contributed by atoms with E-state index >= 15 is 0 Å². The molecule has 0 aromatic heterocycles. The highest BCUT2D eigenvalue weighted by molar-refractivity contribution is 7.92. The van der Waals surface area contributed by atoms with Crippen LogP contribution in [0.4, 0.5) is 5.69 Å². The summed E-state index contributed by atoms with van der Waals surface area (Å²) < 4.78 is 38.5. The third kappa shape index (κ3) is 5.99. The number of nitrogens with one attached hydrogen (secondary N) is 2. The fourth-order valence-electron chi connectivity index (χ4n) is 2.82. The number of anilines is 1. The molecule has 0 saturated carbocycles. The van der Waals surface area contributed by atoms with Crippen molar-refractivity contribution in [1.82, 2.24) is 5.32 Å². The van der Waals surface area contributed by atoms with Crippen molar-refractivity contribution in [3.63, 3.8) is 0 Å². The van der Waals surface area contributed by atoms with Crippen LogP contribution in [-0.4, -0.2) is 34.6 Å². The van der Waals surface area contributed by atoms with Crippen molar-refractivity contribution in [3.05, 3.63) is 83.9 Å². The lowest BCUT2D eigenvalue weighted by Gasteiger charge is -2.12. The van der Waals surface area contributed by atoms with Gasteiger partial charge in [0.1, 0.15) is 6.61 Å². The number of rotatable bonds is 9. The number of carbonyl (C=O) groups excluding carboxylic acids is 1. The summed E-state index contributed by atoms with van der Waals surface area (Å²) in [6.45, 7) is 2.41. The molecule has 2 N–H and O–H groups in total. The number of methoxy groups -OCH3 is 1. The Bertz CT molecular complexity index is 1140. The Morgan fingerprint density at radius 3 is 2.35 bits per heavy atom. The number of sulfonamides is 1. The molecule has 0 heterocycles. The summed E-state index contributed by atoms with van der Waals surface area (Å²) in [5, 5.41) is 2.75. The standard InChI is InChI=1S/C23H24N2O5S/c1-17-10-12-20(13-11-17)31(27,28)25-19-7-5-6-18(16-19)23(26)24-14-15-30-22-9-4-3-8-21(22)29-2/h3-13,16,25H,14-15H2,1-2H3,(H,24,26). The highest BCUT2D eigenvalue weighted by Gasteiger charge is 2.15. The van der Waals surface area contributed by atoms with E-state index in [1.165, 1.54) is 18.2 Å². The molecule has 0 spiro atoms. The largest absolute Gasteiger partial charge is 0.493 e. The average Bonchev–Trinajstić information content (AvgIpc) is 2.77. The van der Waals surface area contributed by atoms with Gasteiger partial charge < -0.3 is 14.8 Å². The van der Waals surface area contributed by atoms with Gasteiger partial charge >= 0.3 is 0 Å². The van der Waals surface area contributed by atoms with E-state index in [1.54, 1.807) is 49.6 Å². The average molecular weight is 441 g/mol. The molecule has 8 heteroatoms. The number of carbonyl (C=O) groups is 1. The SMILES string of the molecule is COc1ccccc1OCCNC(=O)c1cccc(NS(=O)(=O)c2ccc(C)cc2)c1. The van der Waals surface area contributed by atoms with Crippen LogP contribution in [0.25, 0.3) is 0 Å². The Balaban J connectivity index is 1.58.